The number of guanidine groups is 1. The van der Waals surface area contributed by atoms with E-state index in [1.54, 1.807) is 0 Å². The van der Waals surface area contributed by atoms with Gasteiger partial charge in [0, 0.05) is 38.8 Å². The van der Waals surface area contributed by atoms with Crippen LogP contribution in [0, 0.1) is 5.92 Å². The van der Waals surface area contributed by atoms with E-state index in [9.17, 15) is 0 Å². The maximum atomic E-state index is 5.78. The zero-order valence-electron chi connectivity index (χ0n) is 15.1. The van der Waals surface area contributed by atoms with Gasteiger partial charge in [0.2, 0.25) is 0 Å². The Bertz CT molecular complexity index is 357. The molecule has 6 nitrogen and oxygen atoms in total. The molecule has 0 amide bonds. The Kier molecular flexibility index (Phi) is 11.2. The highest BCUT2D eigenvalue weighted by Crippen LogP contribution is 2.24. The average molecular weight is 455 g/mol. The molecule has 0 spiro atoms. The lowest BCUT2D eigenvalue weighted by molar-refractivity contribution is 0.0283. The molecule has 7 heteroatoms. The molecule has 2 aliphatic rings. The third-order valence-electron chi connectivity index (χ3n) is 4.35. The fourth-order valence-electron chi connectivity index (χ4n) is 2.90. The molecule has 2 saturated heterocycles. The summed E-state index contributed by atoms with van der Waals surface area (Å²) in [6, 6.07) is 0. The Balaban J connectivity index is 0.00000288. The molecule has 2 rings (SSSR count). The Morgan fingerprint density at radius 2 is 2.21 bits per heavy atom. The summed E-state index contributed by atoms with van der Waals surface area (Å²) in [6.07, 6.45) is 4.34. The summed E-state index contributed by atoms with van der Waals surface area (Å²) in [5, 5.41) is 6.65. The van der Waals surface area contributed by atoms with Crippen LogP contribution in [0.1, 0.15) is 39.5 Å². The van der Waals surface area contributed by atoms with Crippen LogP contribution in [0.4, 0.5) is 0 Å². The summed E-state index contributed by atoms with van der Waals surface area (Å²) in [4.78, 5) is 4.66. The van der Waals surface area contributed by atoms with Gasteiger partial charge in [0.1, 0.15) is 0 Å². The van der Waals surface area contributed by atoms with Crippen LogP contribution in [0.2, 0.25) is 0 Å². The molecule has 2 N–H and O–H groups in total. The number of nitrogens with zero attached hydrogens (tertiary/aromatic N) is 1. The minimum atomic E-state index is -0.0885. The highest BCUT2D eigenvalue weighted by Gasteiger charge is 2.29. The van der Waals surface area contributed by atoms with E-state index >= 15 is 0 Å². The van der Waals surface area contributed by atoms with Gasteiger partial charge in [-0.15, -0.1) is 24.0 Å². The van der Waals surface area contributed by atoms with E-state index in [1.165, 1.54) is 0 Å². The van der Waals surface area contributed by atoms with Crippen molar-refractivity contribution in [2.75, 3.05) is 52.7 Å². The Morgan fingerprint density at radius 3 is 2.88 bits per heavy atom. The fraction of sp³-hybridized carbons (Fsp3) is 0.941. The number of hydrogen-bond donors (Lipinski definition) is 2. The normalized spacial score (nSPS) is 27.1. The van der Waals surface area contributed by atoms with Crippen molar-refractivity contribution in [2.45, 2.75) is 45.1 Å². The second kappa shape index (κ2) is 12.3. The predicted molar refractivity (Wildman–Crippen MR) is 107 cm³/mol. The number of ether oxygens (including phenoxy) is 3. The quantitative estimate of drug-likeness (QED) is 0.242. The van der Waals surface area contributed by atoms with Gasteiger partial charge in [0.25, 0.3) is 0 Å². The highest BCUT2D eigenvalue weighted by molar-refractivity contribution is 14.0. The maximum Gasteiger partial charge on any atom is 0.191 e. The number of aliphatic imine (C=N–C) groups is 1. The first kappa shape index (κ1) is 21.9. The first-order valence-corrected chi connectivity index (χ1v) is 9.03. The molecule has 2 fully saturated rings. The van der Waals surface area contributed by atoms with Gasteiger partial charge in [0.15, 0.2) is 5.96 Å². The van der Waals surface area contributed by atoms with Gasteiger partial charge in [-0.2, -0.15) is 0 Å². The molecule has 0 aromatic carbocycles. The average Bonchev–Trinajstić information content (AvgIpc) is 3.20. The molecule has 142 valence electrons. The maximum absolute atomic E-state index is 5.78. The minimum Gasteiger partial charge on any atom is -0.381 e. The molecule has 0 aliphatic carbocycles. The molecular weight excluding hydrogens is 421 g/mol. The van der Waals surface area contributed by atoms with Crippen LogP contribution < -0.4 is 10.6 Å². The van der Waals surface area contributed by atoms with Crippen molar-refractivity contribution >= 4 is 29.9 Å². The summed E-state index contributed by atoms with van der Waals surface area (Å²) in [6.45, 7) is 10.9. The zero-order valence-corrected chi connectivity index (χ0v) is 17.5. The second-order valence-corrected chi connectivity index (χ2v) is 6.68. The van der Waals surface area contributed by atoms with E-state index in [-0.39, 0.29) is 29.6 Å². The van der Waals surface area contributed by atoms with Gasteiger partial charge in [-0.25, -0.2) is 0 Å². The zero-order chi connectivity index (χ0) is 16.4. The van der Waals surface area contributed by atoms with Crippen LogP contribution in [0.15, 0.2) is 4.99 Å². The lowest BCUT2D eigenvalue weighted by Gasteiger charge is -2.21. The molecular formula is C17H34IN3O3. The molecule has 2 atom stereocenters. The summed E-state index contributed by atoms with van der Waals surface area (Å²) < 4.78 is 16.8. The van der Waals surface area contributed by atoms with Crippen LogP contribution >= 0.6 is 24.0 Å². The van der Waals surface area contributed by atoms with Crippen molar-refractivity contribution in [3.05, 3.63) is 0 Å². The molecule has 0 aromatic rings. The van der Waals surface area contributed by atoms with Gasteiger partial charge in [-0.05, 0) is 39.5 Å². The molecule has 0 aromatic heterocycles. The van der Waals surface area contributed by atoms with Gasteiger partial charge in [-0.3, -0.25) is 4.99 Å². The van der Waals surface area contributed by atoms with E-state index in [0.717, 1.165) is 77.8 Å². The van der Waals surface area contributed by atoms with Crippen LogP contribution in [0.25, 0.3) is 0 Å². The lowest BCUT2D eigenvalue weighted by Crippen LogP contribution is -2.39. The van der Waals surface area contributed by atoms with E-state index in [4.69, 9.17) is 14.2 Å². The van der Waals surface area contributed by atoms with Crippen molar-refractivity contribution in [2.24, 2.45) is 10.9 Å². The van der Waals surface area contributed by atoms with Crippen LogP contribution in [0.3, 0.4) is 0 Å². The number of nitrogens with one attached hydrogen (secondary N) is 2. The molecule has 2 aliphatic heterocycles. The summed E-state index contributed by atoms with van der Waals surface area (Å²) in [7, 11) is 0. The molecule has 0 bridgehead atoms. The lowest BCUT2D eigenvalue weighted by atomic mass is 10.0. The summed E-state index contributed by atoms with van der Waals surface area (Å²) >= 11 is 0. The van der Waals surface area contributed by atoms with Gasteiger partial charge in [-0.1, -0.05) is 0 Å². The van der Waals surface area contributed by atoms with Crippen molar-refractivity contribution in [3.8, 4) is 0 Å². The molecule has 2 unspecified atom stereocenters. The molecule has 2 heterocycles. The molecule has 0 saturated carbocycles. The van der Waals surface area contributed by atoms with E-state index in [2.05, 4.69) is 29.5 Å². The summed E-state index contributed by atoms with van der Waals surface area (Å²) in [5.41, 5.74) is -0.0885. The number of halogens is 1. The van der Waals surface area contributed by atoms with Crippen molar-refractivity contribution in [1.29, 1.82) is 0 Å². The smallest absolute Gasteiger partial charge is 0.191 e. The van der Waals surface area contributed by atoms with Gasteiger partial charge < -0.3 is 24.8 Å². The predicted octanol–water partition coefficient (Wildman–Crippen LogP) is 2.17. The first-order valence-electron chi connectivity index (χ1n) is 9.03. The largest absolute Gasteiger partial charge is 0.381 e. The fourth-order valence-corrected chi connectivity index (χ4v) is 2.90. The summed E-state index contributed by atoms with van der Waals surface area (Å²) in [5.74, 6) is 1.46. The third kappa shape index (κ3) is 8.31. The van der Waals surface area contributed by atoms with Crippen molar-refractivity contribution in [1.82, 2.24) is 10.6 Å². The standard InChI is InChI=1S/C17H33N3O3.HI/c1-3-18-16(20-14-17(2)7-4-10-23-17)19-8-5-9-21-12-15-6-11-22-13-15;/h15H,3-14H2,1-2H3,(H2,18,19,20);1H. The van der Waals surface area contributed by atoms with Crippen LogP contribution in [0.5, 0.6) is 0 Å². The van der Waals surface area contributed by atoms with E-state index in [0.29, 0.717) is 12.5 Å². The van der Waals surface area contributed by atoms with Crippen LogP contribution in [-0.2, 0) is 14.2 Å². The van der Waals surface area contributed by atoms with Gasteiger partial charge in [0.05, 0.1) is 25.4 Å². The van der Waals surface area contributed by atoms with Crippen LogP contribution in [-0.4, -0.2) is 64.2 Å². The van der Waals surface area contributed by atoms with E-state index < -0.39 is 0 Å². The van der Waals surface area contributed by atoms with Crippen molar-refractivity contribution in [3.63, 3.8) is 0 Å². The molecule has 24 heavy (non-hydrogen) atoms. The Hall–Kier alpha value is -0.120. The SMILES string of the molecule is CCNC(=NCC1(C)CCCO1)NCCCOCC1CCOC1.I. The third-order valence-corrected chi connectivity index (χ3v) is 4.35. The van der Waals surface area contributed by atoms with E-state index in [1.807, 2.05) is 0 Å². The number of hydrogen-bond acceptors (Lipinski definition) is 4. The van der Waals surface area contributed by atoms with Gasteiger partial charge >= 0.3 is 0 Å². The van der Waals surface area contributed by atoms with Crippen molar-refractivity contribution < 1.29 is 14.2 Å². The minimum absolute atomic E-state index is 0. The monoisotopic (exact) mass is 455 g/mol. The topological polar surface area (TPSA) is 64.1 Å². The first-order chi connectivity index (χ1) is 11.2. The Labute approximate surface area is 163 Å². The molecule has 0 radical (unpaired) electrons. The number of rotatable bonds is 9. The highest BCUT2D eigenvalue weighted by atomic mass is 127. The Morgan fingerprint density at radius 1 is 1.33 bits per heavy atom. The second-order valence-electron chi connectivity index (χ2n) is 6.68.